The average molecular weight is 187 g/mol. The van der Waals surface area contributed by atoms with Crippen molar-refractivity contribution in [3.63, 3.8) is 0 Å². The van der Waals surface area contributed by atoms with Gasteiger partial charge in [-0.1, -0.05) is 6.92 Å². The molecule has 13 heavy (non-hydrogen) atoms. The number of carboxylic acid groups (broad SMARTS) is 1. The van der Waals surface area contributed by atoms with Crippen LogP contribution in [0.3, 0.4) is 0 Å². The van der Waals surface area contributed by atoms with Crippen LogP contribution in [0, 0.1) is 5.92 Å². The van der Waals surface area contributed by atoms with Crippen LogP contribution in [0.4, 0.5) is 0 Å². The summed E-state index contributed by atoms with van der Waals surface area (Å²) in [5.74, 6) is -0.354. The Morgan fingerprint density at radius 3 is 2.92 bits per heavy atom. The van der Waals surface area contributed by atoms with Gasteiger partial charge in [0.2, 0.25) is 0 Å². The molecule has 1 rings (SSSR count). The second-order valence-corrected chi connectivity index (χ2v) is 3.73. The summed E-state index contributed by atoms with van der Waals surface area (Å²) >= 11 is 0. The second kappa shape index (κ2) is 4.58. The normalized spacial score (nSPS) is 35.4. The first kappa shape index (κ1) is 10.5. The molecule has 1 heterocycles. The first-order valence-electron chi connectivity index (χ1n) is 4.66. The molecule has 0 spiro atoms. The summed E-state index contributed by atoms with van der Waals surface area (Å²) in [6.45, 7) is 5.47. The lowest BCUT2D eigenvalue weighted by molar-refractivity contribution is -0.140. The molecule has 4 nitrogen and oxygen atoms in total. The van der Waals surface area contributed by atoms with E-state index in [-0.39, 0.29) is 12.5 Å². The fraction of sp³-hybridized carbons (Fsp3) is 0.889. The highest BCUT2D eigenvalue weighted by Crippen LogP contribution is 2.11. The fourth-order valence-corrected chi connectivity index (χ4v) is 1.34. The van der Waals surface area contributed by atoms with E-state index >= 15 is 0 Å². The van der Waals surface area contributed by atoms with Crippen molar-refractivity contribution in [1.29, 1.82) is 0 Å². The molecule has 0 aromatic rings. The summed E-state index contributed by atoms with van der Waals surface area (Å²) in [6.07, 6.45) is -0.0863. The standard InChI is InChI=1S/C9H17NO3/c1-6-5-13-8(3-9(11)12)4-10-7(6)2/h6-8,10H,3-5H2,1-2H3,(H,11,12). The zero-order chi connectivity index (χ0) is 9.84. The lowest BCUT2D eigenvalue weighted by Crippen LogP contribution is -2.34. The van der Waals surface area contributed by atoms with E-state index in [0.29, 0.717) is 25.1 Å². The van der Waals surface area contributed by atoms with Crippen LogP contribution in [0.5, 0.6) is 0 Å². The van der Waals surface area contributed by atoms with E-state index in [1.807, 2.05) is 0 Å². The number of rotatable bonds is 2. The van der Waals surface area contributed by atoms with Gasteiger partial charge in [-0.3, -0.25) is 4.79 Å². The molecular weight excluding hydrogens is 170 g/mol. The van der Waals surface area contributed by atoms with Gasteiger partial charge in [-0.2, -0.15) is 0 Å². The van der Waals surface area contributed by atoms with E-state index in [2.05, 4.69) is 19.2 Å². The molecule has 3 unspecified atom stereocenters. The molecule has 76 valence electrons. The zero-order valence-electron chi connectivity index (χ0n) is 8.12. The van der Waals surface area contributed by atoms with Gasteiger partial charge < -0.3 is 15.2 Å². The Labute approximate surface area is 78.3 Å². The summed E-state index contributed by atoms with van der Waals surface area (Å²) in [5, 5.41) is 11.8. The lowest BCUT2D eigenvalue weighted by atomic mass is 10.1. The first-order valence-corrected chi connectivity index (χ1v) is 4.66. The van der Waals surface area contributed by atoms with Crippen molar-refractivity contribution >= 4 is 5.97 Å². The molecule has 1 aliphatic rings. The molecule has 0 aromatic carbocycles. The van der Waals surface area contributed by atoms with Crippen LogP contribution < -0.4 is 5.32 Å². The third kappa shape index (κ3) is 3.32. The Morgan fingerprint density at radius 1 is 1.62 bits per heavy atom. The Kier molecular flexibility index (Phi) is 3.69. The van der Waals surface area contributed by atoms with Crippen LogP contribution >= 0.6 is 0 Å². The summed E-state index contributed by atoms with van der Waals surface area (Å²) in [4.78, 5) is 10.4. The van der Waals surface area contributed by atoms with E-state index in [1.54, 1.807) is 0 Å². The smallest absolute Gasteiger partial charge is 0.306 e. The van der Waals surface area contributed by atoms with Gasteiger partial charge in [0.05, 0.1) is 19.1 Å². The highest BCUT2D eigenvalue weighted by molar-refractivity contribution is 5.67. The predicted molar refractivity (Wildman–Crippen MR) is 48.6 cm³/mol. The van der Waals surface area contributed by atoms with Crippen LogP contribution in [-0.4, -0.2) is 36.4 Å². The number of ether oxygens (including phenoxy) is 1. The summed E-state index contributed by atoms with van der Waals surface area (Å²) < 4.78 is 5.45. The number of hydrogen-bond donors (Lipinski definition) is 2. The lowest BCUT2D eigenvalue weighted by Gasteiger charge is -2.15. The minimum Gasteiger partial charge on any atom is -0.481 e. The highest BCUT2D eigenvalue weighted by atomic mass is 16.5. The number of aliphatic carboxylic acids is 1. The minimum atomic E-state index is -0.797. The maximum Gasteiger partial charge on any atom is 0.306 e. The van der Waals surface area contributed by atoms with Crippen molar-refractivity contribution in [3.8, 4) is 0 Å². The molecule has 0 bridgehead atoms. The number of hydrogen-bond acceptors (Lipinski definition) is 3. The van der Waals surface area contributed by atoms with Gasteiger partial charge in [-0.15, -0.1) is 0 Å². The van der Waals surface area contributed by atoms with Crippen LogP contribution in [0.1, 0.15) is 20.3 Å². The molecule has 0 saturated carbocycles. The van der Waals surface area contributed by atoms with Gasteiger partial charge in [0.15, 0.2) is 0 Å². The van der Waals surface area contributed by atoms with Gasteiger partial charge in [0.1, 0.15) is 0 Å². The molecule has 0 aromatic heterocycles. The third-order valence-electron chi connectivity index (χ3n) is 2.52. The van der Waals surface area contributed by atoms with E-state index in [4.69, 9.17) is 9.84 Å². The van der Waals surface area contributed by atoms with Crippen LogP contribution in [-0.2, 0) is 9.53 Å². The molecule has 0 radical (unpaired) electrons. The molecule has 2 N–H and O–H groups in total. The number of carbonyl (C=O) groups is 1. The molecule has 1 aliphatic heterocycles. The maximum absolute atomic E-state index is 10.4. The molecule has 1 fully saturated rings. The van der Waals surface area contributed by atoms with Crippen LogP contribution in [0.2, 0.25) is 0 Å². The van der Waals surface area contributed by atoms with Gasteiger partial charge in [-0.05, 0) is 12.8 Å². The van der Waals surface area contributed by atoms with E-state index in [1.165, 1.54) is 0 Å². The van der Waals surface area contributed by atoms with E-state index in [0.717, 1.165) is 0 Å². The molecular formula is C9H17NO3. The minimum absolute atomic E-state index is 0.0897. The Hall–Kier alpha value is -0.610. The summed E-state index contributed by atoms with van der Waals surface area (Å²) in [6, 6.07) is 0.402. The van der Waals surface area contributed by atoms with Gasteiger partial charge in [0.25, 0.3) is 0 Å². The second-order valence-electron chi connectivity index (χ2n) is 3.73. The van der Waals surface area contributed by atoms with Crippen LogP contribution in [0.15, 0.2) is 0 Å². The molecule has 0 amide bonds. The van der Waals surface area contributed by atoms with Crippen LogP contribution in [0.25, 0.3) is 0 Å². The first-order chi connectivity index (χ1) is 6.09. The Balaban J connectivity index is 2.39. The molecule has 3 atom stereocenters. The van der Waals surface area contributed by atoms with Crippen molar-refractivity contribution in [1.82, 2.24) is 5.32 Å². The maximum atomic E-state index is 10.4. The molecule has 0 aliphatic carbocycles. The van der Waals surface area contributed by atoms with Crippen molar-refractivity contribution < 1.29 is 14.6 Å². The summed E-state index contributed by atoms with van der Waals surface area (Å²) in [5.41, 5.74) is 0. The monoisotopic (exact) mass is 187 g/mol. The van der Waals surface area contributed by atoms with E-state index < -0.39 is 5.97 Å². The van der Waals surface area contributed by atoms with Crippen molar-refractivity contribution in [2.75, 3.05) is 13.2 Å². The van der Waals surface area contributed by atoms with Crippen molar-refractivity contribution in [2.24, 2.45) is 5.92 Å². The van der Waals surface area contributed by atoms with Gasteiger partial charge in [0, 0.05) is 12.6 Å². The Morgan fingerprint density at radius 2 is 2.31 bits per heavy atom. The SMILES string of the molecule is CC1COC(CC(=O)O)CNC1C. The Bertz CT molecular complexity index is 172. The van der Waals surface area contributed by atoms with E-state index in [9.17, 15) is 4.79 Å². The topological polar surface area (TPSA) is 58.6 Å². The molecule has 1 saturated heterocycles. The van der Waals surface area contributed by atoms with Gasteiger partial charge in [-0.25, -0.2) is 0 Å². The average Bonchev–Trinajstić information content (AvgIpc) is 2.19. The third-order valence-corrected chi connectivity index (χ3v) is 2.52. The zero-order valence-corrected chi connectivity index (χ0v) is 8.12. The molecule has 4 heteroatoms. The summed E-state index contributed by atoms with van der Waals surface area (Å²) in [7, 11) is 0. The predicted octanol–water partition coefficient (Wildman–Crippen LogP) is 0.474. The fourth-order valence-electron chi connectivity index (χ4n) is 1.34. The van der Waals surface area contributed by atoms with Crippen molar-refractivity contribution in [2.45, 2.75) is 32.4 Å². The largest absolute Gasteiger partial charge is 0.481 e. The van der Waals surface area contributed by atoms with Crippen molar-refractivity contribution in [3.05, 3.63) is 0 Å². The highest BCUT2D eigenvalue weighted by Gasteiger charge is 2.22. The quantitative estimate of drug-likeness (QED) is 0.660. The number of carboxylic acids is 1. The van der Waals surface area contributed by atoms with Gasteiger partial charge >= 0.3 is 5.97 Å². The number of nitrogens with one attached hydrogen (secondary N) is 1.